The number of nitrogens with zero attached hydrogens (tertiary/aromatic N) is 1. The lowest BCUT2D eigenvalue weighted by atomic mass is 10.0. The number of allylic oxidation sites excluding steroid dienone is 8. The Labute approximate surface area is 373 Å². The monoisotopic (exact) mass is 880 g/mol. The summed E-state index contributed by atoms with van der Waals surface area (Å²) in [5.74, 6) is -0.939. The molecule has 0 aromatic rings. The van der Waals surface area contributed by atoms with Crippen molar-refractivity contribution < 1.29 is 47.2 Å². The van der Waals surface area contributed by atoms with Crippen molar-refractivity contribution in [3.63, 3.8) is 0 Å². The molecule has 10 nitrogen and oxygen atoms in total. The van der Waals surface area contributed by atoms with Gasteiger partial charge in [-0.15, -0.1) is 0 Å². The molecular formula is C50H90NO9P. The van der Waals surface area contributed by atoms with E-state index in [2.05, 4.69) is 32.1 Å². The number of phosphoric ester groups is 1. The zero-order valence-corrected chi connectivity index (χ0v) is 40.4. The number of hydrogen-bond donors (Lipinski definition) is 1. The smallest absolute Gasteiger partial charge is 0.306 e. The quantitative estimate of drug-likeness (QED) is 0.0159. The summed E-state index contributed by atoms with van der Waals surface area (Å²) >= 11 is 0. The van der Waals surface area contributed by atoms with Gasteiger partial charge in [0.05, 0.1) is 33.9 Å². The third-order valence-electron chi connectivity index (χ3n) is 10.1. The maximum atomic E-state index is 12.7. The summed E-state index contributed by atoms with van der Waals surface area (Å²) in [6.07, 6.45) is 47.2. The molecule has 0 aromatic carbocycles. The van der Waals surface area contributed by atoms with E-state index in [4.69, 9.17) is 18.5 Å². The number of likely N-dealkylation sites (N-methyl/N-ethyl adjacent to an activating group) is 1. The molecule has 3 atom stereocenters. The molecule has 0 saturated carbocycles. The second-order valence-electron chi connectivity index (χ2n) is 17.3. The molecule has 0 aliphatic carbocycles. The number of unbranched alkanes of at least 4 members (excludes halogenated alkanes) is 19. The Kier molecular flexibility index (Phi) is 40.1. The number of ether oxygens (including phenoxy) is 2. The van der Waals surface area contributed by atoms with E-state index in [0.29, 0.717) is 43.1 Å². The van der Waals surface area contributed by atoms with Crippen LogP contribution in [0.2, 0.25) is 0 Å². The Hall–Kier alpha value is -2.33. The van der Waals surface area contributed by atoms with Crippen LogP contribution in [0.1, 0.15) is 187 Å². The van der Waals surface area contributed by atoms with Gasteiger partial charge in [0.25, 0.3) is 7.82 Å². The summed E-state index contributed by atoms with van der Waals surface area (Å²) in [5, 5.41) is 10.0. The van der Waals surface area contributed by atoms with Crippen LogP contribution in [0.4, 0.5) is 0 Å². The predicted octanol–water partition coefficient (Wildman–Crippen LogP) is 12.4. The lowest BCUT2D eigenvalue weighted by Crippen LogP contribution is -2.37. The van der Waals surface area contributed by atoms with E-state index < -0.39 is 38.6 Å². The van der Waals surface area contributed by atoms with Crippen LogP contribution in [0, 0.1) is 0 Å². The minimum absolute atomic E-state index is 0.0538. The maximum absolute atomic E-state index is 12.7. The highest BCUT2D eigenvalue weighted by molar-refractivity contribution is 7.45. The number of hydrogen-bond acceptors (Lipinski definition) is 9. The number of carbonyl (C=O) groups is 2. The molecule has 0 amide bonds. The first-order valence-corrected chi connectivity index (χ1v) is 25.6. The Balaban J connectivity index is 4.42. The van der Waals surface area contributed by atoms with Crippen molar-refractivity contribution >= 4 is 19.8 Å². The van der Waals surface area contributed by atoms with Crippen molar-refractivity contribution in [2.45, 2.75) is 199 Å². The van der Waals surface area contributed by atoms with Crippen molar-refractivity contribution in [2.24, 2.45) is 0 Å². The normalized spacial score (nSPS) is 14.5. The second kappa shape index (κ2) is 41.7. The summed E-state index contributed by atoms with van der Waals surface area (Å²) < 4.78 is 33.9. The number of carbonyl (C=O) groups excluding carboxylic acids is 2. The topological polar surface area (TPSA) is 131 Å². The van der Waals surface area contributed by atoms with Crippen molar-refractivity contribution in [1.29, 1.82) is 0 Å². The van der Waals surface area contributed by atoms with Crippen LogP contribution < -0.4 is 4.89 Å². The van der Waals surface area contributed by atoms with Crippen molar-refractivity contribution in [1.82, 2.24) is 0 Å². The molecule has 61 heavy (non-hydrogen) atoms. The van der Waals surface area contributed by atoms with Crippen molar-refractivity contribution in [3.8, 4) is 0 Å². The molecule has 0 saturated heterocycles. The molecule has 0 radical (unpaired) electrons. The standard InChI is InChI=1S/C50H90NO9P/c1-6-8-10-12-14-15-16-17-18-19-20-21-22-23-24-25-29-33-37-41-49(53)57-45-48(46-59-61(55,56)58-44-43-51(3,4)5)60-50(54)42-38-34-30-27-26-28-32-36-40-47(52)39-35-31-13-11-9-7-2/h9,11,27-28,30-32,35-36,40,47-48,52H,6-8,10,12-26,29,33-34,37-39,41-46H2,1-5H3/b11-9-,30-27-,32-28-,35-31-,40-36+/t47?,48-/m1/s1. The summed E-state index contributed by atoms with van der Waals surface area (Å²) in [5.41, 5.74) is 0. The Morgan fingerprint density at radius 3 is 1.72 bits per heavy atom. The van der Waals surface area contributed by atoms with Crippen LogP contribution in [0.15, 0.2) is 60.8 Å². The molecule has 0 rings (SSSR count). The molecular weight excluding hydrogens is 790 g/mol. The zero-order valence-electron chi connectivity index (χ0n) is 39.5. The number of rotatable bonds is 43. The van der Waals surface area contributed by atoms with Gasteiger partial charge in [-0.1, -0.05) is 190 Å². The Bertz CT molecular complexity index is 1240. The fourth-order valence-corrected chi connectivity index (χ4v) is 7.09. The fraction of sp³-hybridized carbons (Fsp3) is 0.760. The molecule has 0 spiro atoms. The van der Waals surface area contributed by atoms with E-state index in [1.807, 2.05) is 57.6 Å². The highest BCUT2D eigenvalue weighted by Crippen LogP contribution is 2.38. The van der Waals surface area contributed by atoms with Crippen LogP contribution in [0.5, 0.6) is 0 Å². The summed E-state index contributed by atoms with van der Waals surface area (Å²) in [4.78, 5) is 37.6. The average molecular weight is 880 g/mol. The van der Waals surface area contributed by atoms with Gasteiger partial charge in [0, 0.05) is 12.8 Å². The van der Waals surface area contributed by atoms with E-state index in [1.165, 1.54) is 103 Å². The third kappa shape index (κ3) is 45.5. The van der Waals surface area contributed by atoms with E-state index >= 15 is 0 Å². The number of aliphatic hydroxyl groups is 1. The lowest BCUT2D eigenvalue weighted by molar-refractivity contribution is -0.870. The van der Waals surface area contributed by atoms with Gasteiger partial charge in [-0.3, -0.25) is 14.2 Å². The van der Waals surface area contributed by atoms with Gasteiger partial charge >= 0.3 is 11.9 Å². The summed E-state index contributed by atoms with van der Waals surface area (Å²) in [7, 11) is 1.09. The number of phosphoric acid groups is 1. The molecule has 1 N–H and O–H groups in total. The van der Waals surface area contributed by atoms with Crippen LogP contribution in [-0.4, -0.2) is 81.2 Å². The first kappa shape index (κ1) is 58.7. The SMILES string of the molecule is CC/C=C\C/C=C\CC(O)/C=C/C=C\C/C=C\CCCC(=O)O[C@H](COC(=O)CCCCCCCCCCCCCCCCCCCCC)COP(=O)([O-])OCC[N+](C)(C)C. The molecule has 11 heteroatoms. The third-order valence-corrected chi connectivity index (χ3v) is 11.1. The first-order chi connectivity index (χ1) is 29.4. The molecule has 354 valence electrons. The van der Waals surface area contributed by atoms with Gasteiger partial charge in [0.15, 0.2) is 6.10 Å². The molecule has 2 unspecified atom stereocenters. The average Bonchev–Trinajstić information content (AvgIpc) is 3.21. The van der Waals surface area contributed by atoms with Gasteiger partial charge in [0.2, 0.25) is 0 Å². The van der Waals surface area contributed by atoms with E-state index in [0.717, 1.165) is 25.7 Å². The van der Waals surface area contributed by atoms with Gasteiger partial charge < -0.3 is 33.0 Å². The van der Waals surface area contributed by atoms with E-state index in [1.54, 1.807) is 6.08 Å². The van der Waals surface area contributed by atoms with Gasteiger partial charge in [-0.05, 0) is 44.9 Å². The molecule has 0 heterocycles. The van der Waals surface area contributed by atoms with Crippen LogP contribution in [-0.2, 0) is 32.7 Å². The van der Waals surface area contributed by atoms with Gasteiger partial charge in [-0.25, -0.2) is 0 Å². The Morgan fingerprint density at radius 1 is 0.623 bits per heavy atom. The number of aliphatic hydroxyl groups excluding tert-OH is 1. The Morgan fingerprint density at radius 2 is 1.15 bits per heavy atom. The van der Waals surface area contributed by atoms with E-state index in [-0.39, 0.29) is 26.1 Å². The molecule has 0 aromatic heterocycles. The molecule has 0 aliphatic heterocycles. The molecule has 0 fully saturated rings. The van der Waals surface area contributed by atoms with Crippen molar-refractivity contribution in [3.05, 3.63) is 60.8 Å². The fourth-order valence-electron chi connectivity index (χ4n) is 6.36. The molecule has 0 aliphatic rings. The van der Waals surface area contributed by atoms with Gasteiger partial charge in [-0.2, -0.15) is 0 Å². The lowest BCUT2D eigenvalue weighted by Gasteiger charge is -2.28. The highest BCUT2D eigenvalue weighted by Gasteiger charge is 2.21. The summed E-state index contributed by atoms with van der Waals surface area (Å²) in [6, 6.07) is 0. The van der Waals surface area contributed by atoms with Crippen LogP contribution in [0.25, 0.3) is 0 Å². The highest BCUT2D eigenvalue weighted by atomic mass is 31.2. The van der Waals surface area contributed by atoms with Crippen LogP contribution in [0.3, 0.4) is 0 Å². The summed E-state index contributed by atoms with van der Waals surface area (Å²) in [6.45, 7) is 3.97. The number of quaternary nitrogens is 1. The predicted molar refractivity (Wildman–Crippen MR) is 251 cm³/mol. The van der Waals surface area contributed by atoms with Gasteiger partial charge in [0.1, 0.15) is 19.8 Å². The minimum atomic E-state index is -4.66. The second-order valence-corrected chi connectivity index (χ2v) is 18.7. The zero-order chi connectivity index (χ0) is 45.1. The van der Waals surface area contributed by atoms with Crippen LogP contribution >= 0.6 is 7.82 Å². The maximum Gasteiger partial charge on any atom is 0.306 e. The number of esters is 2. The van der Waals surface area contributed by atoms with E-state index in [9.17, 15) is 24.2 Å². The van der Waals surface area contributed by atoms with Crippen molar-refractivity contribution in [2.75, 3.05) is 47.5 Å². The largest absolute Gasteiger partial charge is 0.756 e. The minimum Gasteiger partial charge on any atom is -0.756 e. The molecule has 0 bridgehead atoms. The first-order valence-electron chi connectivity index (χ1n) is 24.1.